The molecule has 0 amide bonds. The van der Waals surface area contributed by atoms with Gasteiger partial charge >= 0.3 is 11.9 Å². The molecular weight excluding hydrogens is 313 g/mol. The molecule has 126 valence electrons. The number of aryl methyl sites for hydroxylation is 1. The third-order valence-electron chi connectivity index (χ3n) is 3.72. The molecule has 0 N–H and O–H groups in total. The Kier molecular flexibility index (Phi) is 5.84. The van der Waals surface area contributed by atoms with Gasteiger partial charge in [-0.3, -0.25) is 4.79 Å². The lowest BCUT2D eigenvalue weighted by molar-refractivity contribution is -0.147. The highest BCUT2D eigenvalue weighted by Gasteiger charge is 2.44. The predicted molar refractivity (Wildman–Crippen MR) is 87.2 cm³/mol. The Morgan fingerprint density at radius 2 is 2.04 bits per heavy atom. The number of carbonyl (C=O) groups excluding carboxylic acids is 2. The van der Waals surface area contributed by atoms with E-state index in [0.29, 0.717) is 5.56 Å². The number of nitrogens with zero attached hydrogens (tertiary/aromatic N) is 3. The minimum absolute atomic E-state index is 0.0987. The van der Waals surface area contributed by atoms with E-state index in [0.717, 1.165) is 5.56 Å². The molecular formula is C15H18BN3O5. The molecule has 4 atom stereocenters. The molecule has 0 radical (unpaired) electrons. The first-order valence-electron chi connectivity index (χ1n) is 7.53. The summed E-state index contributed by atoms with van der Waals surface area (Å²) >= 11 is 0. The lowest BCUT2D eigenvalue weighted by atomic mass is 9.92. The smallest absolute Gasteiger partial charge is 0.338 e. The molecule has 24 heavy (non-hydrogen) atoms. The Bertz CT molecular complexity index is 660. The van der Waals surface area contributed by atoms with Crippen LogP contribution in [0.25, 0.3) is 10.4 Å². The molecule has 0 aromatic heterocycles. The Hall–Kier alpha value is -2.51. The predicted octanol–water partition coefficient (Wildman–Crippen LogP) is 1.12. The Labute approximate surface area is 140 Å². The standard InChI is InChI=1S/C15H18BN3O5/c1-8-3-5-10(6-4-8)15(21)22-7-11-12(18-19-17)13(14(16)24-11)23-9(2)20/h3-6,11-14H,7,16H2,1-2H3/t11-,12-,13-,14-/m1/s1. The van der Waals surface area contributed by atoms with Crippen LogP contribution in [0.4, 0.5) is 0 Å². The van der Waals surface area contributed by atoms with E-state index >= 15 is 0 Å². The highest BCUT2D eigenvalue weighted by molar-refractivity contribution is 6.11. The largest absolute Gasteiger partial charge is 0.460 e. The van der Waals surface area contributed by atoms with Crippen LogP contribution in [-0.4, -0.2) is 50.6 Å². The van der Waals surface area contributed by atoms with Gasteiger partial charge < -0.3 is 14.2 Å². The van der Waals surface area contributed by atoms with Crippen LogP contribution >= 0.6 is 0 Å². The average Bonchev–Trinajstić information content (AvgIpc) is 2.82. The van der Waals surface area contributed by atoms with Gasteiger partial charge in [0.05, 0.1) is 11.6 Å². The molecule has 1 saturated heterocycles. The second-order valence-corrected chi connectivity index (χ2v) is 5.61. The van der Waals surface area contributed by atoms with Gasteiger partial charge in [-0.2, -0.15) is 0 Å². The summed E-state index contributed by atoms with van der Waals surface area (Å²) in [5.74, 6) is -0.993. The zero-order valence-corrected chi connectivity index (χ0v) is 13.7. The number of hydrogen-bond donors (Lipinski definition) is 0. The van der Waals surface area contributed by atoms with Crippen LogP contribution in [0.15, 0.2) is 29.4 Å². The first-order valence-corrected chi connectivity index (χ1v) is 7.53. The van der Waals surface area contributed by atoms with E-state index in [-0.39, 0.29) is 6.61 Å². The maximum absolute atomic E-state index is 12.1. The summed E-state index contributed by atoms with van der Waals surface area (Å²) in [5.41, 5.74) is 10.2. The number of hydrogen-bond acceptors (Lipinski definition) is 6. The van der Waals surface area contributed by atoms with Gasteiger partial charge in [0.1, 0.15) is 32.7 Å². The van der Waals surface area contributed by atoms with Gasteiger partial charge in [-0.1, -0.05) is 22.8 Å². The van der Waals surface area contributed by atoms with E-state index in [2.05, 4.69) is 10.0 Å². The Morgan fingerprint density at radius 1 is 1.38 bits per heavy atom. The molecule has 0 aliphatic carbocycles. The van der Waals surface area contributed by atoms with E-state index in [4.69, 9.17) is 19.7 Å². The number of esters is 2. The molecule has 0 bridgehead atoms. The van der Waals surface area contributed by atoms with Crippen LogP contribution in [0.3, 0.4) is 0 Å². The first kappa shape index (κ1) is 17.8. The molecule has 2 rings (SSSR count). The number of benzene rings is 1. The van der Waals surface area contributed by atoms with Crippen molar-refractivity contribution in [2.45, 2.75) is 38.1 Å². The molecule has 1 aliphatic heterocycles. The van der Waals surface area contributed by atoms with Crippen LogP contribution in [0.5, 0.6) is 0 Å². The second kappa shape index (κ2) is 7.85. The minimum atomic E-state index is -0.750. The lowest BCUT2D eigenvalue weighted by Crippen LogP contribution is -2.36. The first-order chi connectivity index (χ1) is 11.4. The second-order valence-electron chi connectivity index (χ2n) is 5.61. The monoisotopic (exact) mass is 331 g/mol. The molecule has 0 unspecified atom stereocenters. The van der Waals surface area contributed by atoms with Crippen LogP contribution in [-0.2, 0) is 19.0 Å². The van der Waals surface area contributed by atoms with Crippen molar-refractivity contribution in [3.63, 3.8) is 0 Å². The summed E-state index contributed by atoms with van der Waals surface area (Å²) in [4.78, 5) is 26.0. The molecule has 1 aromatic carbocycles. The highest BCUT2D eigenvalue weighted by Crippen LogP contribution is 2.26. The third-order valence-corrected chi connectivity index (χ3v) is 3.72. The van der Waals surface area contributed by atoms with E-state index in [1.165, 1.54) is 6.92 Å². The quantitative estimate of drug-likeness (QED) is 0.264. The van der Waals surface area contributed by atoms with Crippen LogP contribution in [0.1, 0.15) is 22.8 Å². The van der Waals surface area contributed by atoms with Gasteiger partial charge in [0.25, 0.3) is 0 Å². The highest BCUT2D eigenvalue weighted by atomic mass is 16.6. The normalized spacial score (nSPS) is 25.6. The maximum Gasteiger partial charge on any atom is 0.338 e. The van der Waals surface area contributed by atoms with Gasteiger partial charge in [-0.15, -0.1) is 0 Å². The van der Waals surface area contributed by atoms with Gasteiger partial charge in [-0.25, -0.2) is 4.79 Å². The number of rotatable bonds is 5. The average molecular weight is 331 g/mol. The summed E-state index contributed by atoms with van der Waals surface area (Å²) in [6, 6.07) is 5.74. The van der Waals surface area contributed by atoms with Crippen molar-refractivity contribution >= 4 is 19.8 Å². The van der Waals surface area contributed by atoms with Crippen LogP contribution < -0.4 is 0 Å². The third kappa shape index (κ3) is 4.28. The fraction of sp³-hybridized carbons (Fsp3) is 0.467. The zero-order chi connectivity index (χ0) is 17.7. The number of azide groups is 1. The summed E-state index contributed by atoms with van der Waals surface area (Å²) in [6.45, 7) is 3.09. The number of carbonyl (C=O) groups is 2. The van der Waals surface area contributed by atoms with Gasteiger partial charge in [0.15, 0.2) is 0 Å². The molecule has 1 aromatic rings. The van der Waals surface area contributed by atoms with Crippen molar-refractivity contribution in [2.75, 3.05) is 6.61 Å². The van der Waals surface area contributed by atoms with Gasteiger partial charge in [0, 0.05) is 11.8 Å². The molecule has 1 aliphatic rings. The molecule has 1 heterocycles. The zero-order valence-electron chi connectivity index (χ0n) is 13.7. The van der Waals surface area contributed by atoms with Crippen molar-refractivity contribution in [3.05, 3.63) is 45.8 Å². The van der Waals surface area contributed by atoms with Crippen molar-refractivity contribution < 1.29 is 23.8 Å². The van der Waals surface area contributed by atoms with E-state index in [1.807, 2.05) is 19.1 Å². The minimum Gasteiger partial charge on any atom is -0.460 e. The van der Waals surface area contributed by atoms with Crippen molar-refractivity contribution in [1.82, 2.24) is 0 Å². The molecule has 8 nitrogen and oxygen atoms in total. The van der Waals surface area contributed by atoms with Crippen molar-refractivity contribution in [1.29, 1.82) is 0 Å². The Balaban J connectivity index is 2.02. The topological polar surface area (TPSA) is 111 Å². The summed E-state index contributed by atoms with van der Waals surface area (Å²) in [6.07, 6.45) is -1.38. The Morgan fingerprint density at radius 3 is 2.62 bits per heavy atom. The SMILES string of the molecule is B[C@@H]1O[C@H](COC(=O)c2ccc(C)cc2)[C@@H](N=[N+]=[N-])[C@H]1OC(C)=O. The molecule has 1 fully saturated rings. The van der Waals surface area contributed by atoms with Gasteiger partial charge in [0.2, 0.25) is 0 Å². The van der Waals surface area contributed by atoms with E-state index < -0.39 is 36.2 Å². The molecule has 0 saturated carbocycles. The van der Waals surface area contributed by atoms with Crippen LogP contribution in [0.2, 0.25) is 0 Å². The van der Waals surface area contributed by atoms with Crippen molar-refractivity contribution in [3.8, 4) is 0 Å². The summed E-state index contributed by atoms with van der Waals surface area (Å²) in [5, 5.41) is 3.64. The van der Waals surface area contributed by atoms with E-state index in [1.54, 1.807) is 20.0 Å². The molecule has 9 heteroatoms. The number of ether oxygens (including phenoxy) is 3. The van der Waals surface area contributed by atoms with Gasteiger partial charge in [-0.05, 0) is 24.6 Å². The molecule has 0 spiro atoms. The maximum atomic E-state index is 12.1. The van der Waals surface area contributed by atoms with Crippen LogP contribution in [0, 0.1) is 6.92 Å². The fourth-order valence-corrected chi connectivity index (χ4v) is 2.55. The van der Waals surface area contributed by atoms with E-state index in [9.17, 15) is 9.59 Å². The lowest BCUT2D eigenvalue weighted by Gasteiger charge is -2.18. The summed E-state index contributed by atoms with van der Waals surface area (Å²) in [7, 11) is 1.70. The summed E-state index contributed by atoms with van der Waals surface area (Å²) < 4.78 is 16.0. The fourth-order valence-electron chi connectivity index (χ4n) is 2.55. The van der Waals surface area contributed by atoms with Crippen molar-refractivity contribution in [2.24, 2.45) is 5.11 Å².